The third kappa shape index (κ3) is 7.69. The Kier molecular flexibility index (Phi) is 10.9. The number of likely N-dealkylation sites (N-methyl/N-ethyl adjacent to an activating group) is 2. The van der Waals surface area contributed by atoms with Crippen LogP contribution in [0.2, 0.25) is 0 Å². The molecule has 3 atom stereocenters. The summed E-state index contributed by atoms with van der Waals surface area (Å²) in [6.07, 6.45) is 2.28. The summed E-state index contributed by atoms with van der Waals surface area (Å²) in [4.78, 5) is 51.8. The van der Waals surface area contributed by atoms with Crippen LogP contribution in [-0.2, 0) is 19.2 Å². The normalized spacial score (nSPS) is 14.4. The lowest BCUT2D eigenvalue weighted by Crippen LogP contribution is -2.56. The Morgan fingerprint density at radius 2 is 1.56 bits per heavy atom. The number of rotatable bonds is 11. The van der Waals surface area contributed by atoms with Gasteiger partial charge in [-0.2, -0.15) is 0 Å². The third-order valence-corrected chi connectivity index (χ3v) is 4.78. The highest BCUT2D eigenvalue weighted by molar-refractivity contribution is 5.92. The Balaban J connectivity index is 5.37. The van der Waals surface area contributed by atoms with Crippen LogP contribution in [-0.4, -0.2) is 66.0 Å². The molecule has 3 amide bonds. The predicted octanol–water partition coefficient (Wildman–Crippen LogP) is 1.85. The average Bonchev–Trinajstić information content (AvgIpc) is 2.61. The second kappa shape index (κ2) is 11.7. The lowest BCUT2D eigenvalue weighted by Gasteiger charge is -2.34. The molecule has 0 spiro atoms. The maximum atomic E-state index is 12.9. The number of hydrogen-bond acceptors (Lipinski definition) is 4. The van der Waals surface area contributed by atoms with Crippen LogP contribution in [0.15, 0.2) is 0 Å². The number of carbonyl (C=O) groups excluding carboxylic acids is 4. The molecule has 0 aromatic carbocycles. The van der Waals surface area contributed by atoms with Gasteiger partial charge in [0, 0.05) is 20.5 Å². The van der Waals surface area contributed by atoms with Gasteiger partial charge in [-0.15, -0.1) is 0 Å². The van der Waals surface area contributed by atoms with E-state index in [9.17, 15) is 19.2 Å². The van der Waals surface area contributed by atoms with Gasteiger partial charge in [-0.25, -0.2) is 0 Å². The van der Waals surface area contributed by atoms with Gasteiger partial charge in [-0.3, -0.25) is 14.4 Å². The summed E-state index contributed by atoms with van der Waals surface area (Å²) < 4.78 is 0. The summed E-state index contributed by atoms with van der Waals surface area (Å²) >= 11 is 0. The van der Waals surface area contributed by atoms with Gasteiger partial charge in [-0.1, -0.05) is 34.6 Å². The van der Waals surface area contributed by atoms with Crippen molar-refractivity contribution in [2.45, 2.75) is 78.9 Å². The Bertz CT molecular complexity index is 519. The molecule has 0 saturated carbocycles. The van der Waals surface area contributed by atoms with Gasteiger partial charge in [0.25, 0.3) is 0 Å². The molecule has 0 unspecified atom stereocenters. The zero-order valence-corrected chi connectivity index (χ0v) is 18.1. The summed E-state index contributed by atoms with van der Waals surface area (Å²) in [5.74, 6) is -0.601. The van der Waals surface area contributed by atoms with Gasteiger partial charge in [0.1, 0.15) is 18.4 Å². The van der Waals surface area contributed by atoms with E-state index in [0.29, 0.717) is 19.3 Å². The largest absolute Gasteiger partial charge is 0.345 e. The molecule has 0 radical (unpaired) electrons. The number of nitrogens with one attached hydrogen (secondary N) is 1. The molecule has 0 aliphatic carbocycles. The van der Waals surface area contributed by atoms with E-state index in [1.54, 1.807) is 21.0 Å². The SMILES string of the molecule is CCCC(=O)N(C)[C@H](C)C(=O)N(C)[C@@H](CC(C)C)C(=O)N[C@H](C=O)C(C)C. The van der Waals surface area contributed by atoms with Crippen LogP contribution in [0, 0.1) is 11.8 Å². The molecule has 0 fully saturated rings. The van der Waals surface area contributed by atoms with Crippen LogP contribution in [0.1, 0.15) is 60.8 Å². The number of nitrogens with zero attached hydrogens (tertiary/aromatic N) is 2. The first-order valence-electron chi connectivity index (χ1n) is 9.75. The Hall–Kier alpha value is -1.92. The molecule has 0 saturated heterocycles. The first kappa shape index (κ1) is 25.1. The summed E-state index contributed by atoms with van der Waals surface area (Å²) in [6, 6.07) is -1.96. The molecule has 0 heterocycles. The maximum absolute atomic E-state index is 12.9. The molecule has 156 valence electrons. The molecular formula is C20H37N3O4. The van der Waals surface area contributed by atoms with E-state index in [1.165, 1.54) is 9.80 Å². The highest BCUT2D eigenvalue weighted by atomic mass is 16.2. The first-order chi connectivity index (χ1) is 12.5. The minimum atomic E-state index is -0.698. The van der Waals surface area contributed by atoms with Crippen molar-refractivity contribution in [1.82, 2.24) is 15.1 Å². The van der Waals surface area contributed by atoms with E-state index >= 15 is 0 Å². The Morgan fingerprint density at radius 3 is 1.96 bits per heavy atom. The summed E-state index contributed by atoms with van der Waals surface area (Å²) in [5.41, 5.74) is 0. The fraction of sp³-hybridized carbons (Fsp3) is 0.800. The lowest BCUT2D eigenvalue weighted by atomic mass is 9.99. The van der Waals surface area contributed by atoms with Crippen molar-refractivity contribution in [2.75, 3.05) is 14.1 Å². The molecule has 27 heavy (non-hydrogen) atoms. The van der Waals surface area contributed by atoms with Crippen molar-refractivity contribution in [3.8, 4) is 0 Å². The number of carbonyl (C=O) groups is 4. The van der Waals surface area contributed by atoms with E-state index in [-0.39, 0.29) is 29.6 Å². The molecule has 7 nitrogen and oxygen atoms in total. The van der Waals surface area contributed by atoms with Crippen molar-refractivity contribution in [3.63, 3.8) is 0 Å². The van der Waals surface area contributed by atoms with E-state index in [1.807, 2.05) is 34.6 Å². The van der Waals surface area contributed by atoms with Gasteiger partial charge in [0.05, 0.1) is 6.04 Å². The standard InChI is InChI=1S/C20H37N3O4/c1-9-10-18(25)22(7)15(6)20(27)23(8)17(11-13(2)3)19(26)21-16(12-24)14(4)5/h12-17H,9-11H2,1-8H3,(H,21,26)/t15-,16-,17+/m1/s1. The van der Waals surface area contributed by atoms with Gasteiger partial charge in [0.15, 0.2) is 0 Å². The van der Waals surface area contributed by atoms with Crippen LogP contribution >= 0.6 is 0 Å². The highest BCUT2D eigenvalue weighted by Gasteiger charge is 2.33. The van der Waals surface area contributed by atoms with E-state index in [2.05, 4.69) is 5.32 Å². The monoisotopic (exact) mass is 383 g/mol. The van der Waals surface area contributed by atoms with Gasteiger partial charge < -0.3 is 19.9 Å². The minimum Gasteiger partial charge on any atom is -0.345 e. The van der Waals surface area contributed by atoms with Crippen LogP contribution < -0.4 is 5.32 Å². The molecule has 0 aromatic heterocycles. The fourth-order valence-electron chi connectivity index (χ4n) is 2.73. The third-order valence-electron chi connectivity index (χ3n) is 4.78. The van der Waals surface area contributed by atoms with E-state index in [0.717, 1.165) is 6.29 Å². The predicted molar refractivity (Wildman–Crippen MR) is 106 cm³/mol. The van der Waals surface area contributed by atoms with Crippen LogP contribution in [0.4, 0.5) is 0 Å². The number of aldehydes is 1. The van der Waals surface area contributed by atoms with Crippen molar-refractivity contribution < 1.29 is 19.2 Å². The molecule has 0 aliphatic heterocycles. The molecule has 7 heteroatoms. The summed E-state index contributed by atoms with van der Waals surface area (Å²) in [5, 5.41) is 2.74. The van der Waals surface area contributed by atoms with Crippen molar-refractivity contribution in [1.29, 1.82) is 0 Å². The molecule has 0 aliphatic rings. The Labute approximate surface area is 163 Å². The summed E-state index contributed by atoms with van der Waals surface area (Å²) in [6.45, 7) is 11.2. The van der Waals surface area contributed by atoms with E-state index in [4.69, 9.17) is 0 Å². The fourth-order valence-corrected chi connectivity index (χ4v) is 2.73. The topological polar surface area (TPSA) is 86.8 Å². The Morgan fingerprint density at radius 1 is 1.00 bits per heavy atom. The second-order valence-electron chi connectivity index (χ2n) is 7.94. The van der Waals surface area contributed by atoms with Crippen LogP contribution in [0.5, 0.6) is 0 Å². The molecule has 0 rings (SSSR count). The zero-order valence-electron chi connectivity index (χ0n) is 18.1. The molecule has 1 N–H and O–H groups in total. The van der Waals surface area contributed by atoms with Crippen LogP contribution in [0.3, 0.4) is 0 Å². The molecular weight excluding hydrogens is 346 g/mol. The smallest absolute Gasteiger partial charge is 0.245 e. The second-order valence-corrected chi connectivity index (χ2v) is 7.94. The quantitative estimate of drug-likeness (QED) is 0.552. The van der Waals surface area contributed by atoms with Crippen LogP contribution in [0.25, 0.3) is 0 Å². The first-order valence-corrected chi connectivity index (χ1v) is 9.75. The lowest BCUT2D eigenvalue weighted by molar-refractivity contribution is -0.147. The highest BCUT2D eigenvalue weighted by Crippen LogP contribution is 2.15. The summed E-state index contributed by atoms with van der Waals surface area (Å²) in [7, 11) is 3.18. The van der Waals surface area contributed by atoms with Gasteiger partial charge in [-0.05, 0) is 31.6 Å². The van der Waals surface area contributed by atoms with E-state index < -0.39 is 18.1 Å². The molecule has 0 aromatic rings. The molecule has 0 bridgehead atoms. The maximum Gasteiger partial charge on any atom is 0.245 e. The van der Waals surface area contributed by atoms with Gasteiger partial charge >= 0.3 is 0 Å². The number of amides is 3. The van der Waals surface area contributed by atoms with Crippen molar-refractivity contribution in [3.05, 3.63) is 0 Å². The minimum absolute atomic E-state index is 0.0381. The van der Waals surface area contributed by atoms with Crippen molar-refractivity contribution >= 4 is 24.0 Å². The van der Waals surface area contributed by atoms with Crippen molar-refractivity contribution in [2.24, 2.45) is 11.8 Å². The van der Waals surface area contributed by atoms with Gasteiger partial charge in [0.2, 0.25) is 17.7 Å². The number of hydrogen-bond donors (Lipinski definition) is 1. The zero-order chi connectivity index (χ0) is 21.3. The average molecular weight is 384 g/mol.